The van der Waals surface area contributed by atoms with Crippen molar-refractivity contribution in [3.05, 3.63) is 42.0 Å². The van der Waals surface area contributed by atoms with Crippen LogP contribution in [0.4, 0.5) is 0 Å². The predicted molar refractivity (Wildman–Crippen MR) is 49.5 cm³/mol. The monoisotopic (exact) mass is 160 g/mol. The minimum atomic E-state index is 0.840. The van der Waals surface area contributed by atoms with Crippen LogP contribution in [-0.2, 0) is 12.8 Å². The predicted octanol–water partition coefficient (Wildman–Crippen LogP) is 2.35. The lowest BCUT2D eigenvalue weighted by Crippen LogP contribution is -1.86. The molecular formula is C11H12O. The van der Waals surface area contributed by atoms with Crippen LogP contribution in [0.2, 0.25) is 0 Å². The third-order valence-corrected chi connectivity index (χ3v) is 2.14. The molecule has 1 heteroatoms. The van der Waals surface area contributed by atoms with Gasteiger partial charge in [0.05, 0.1) is 6.61 Å². The van der Waals surface area contributed by atoms with E-state index in [0.29, 0.717) is 0 Å². The van der Waals surface area contributed by atoms with Gasteiger partial charge in [-0.25, -0.2) is 0 Å². The Bertz CT molecular complexity index is 302. The first-order valence-electron chi connectivity index (χ1n) is 4.25. The molecule has 0 unspecified atom stereocenters. The van der Waals surface area contributed by atoms with Gasteiger partial charge in [-0.05, 0) is 23.6 Å². The van der Waals surface area contributed by atoms with Crippen molar-refractivity contribution in [1.82, 2.24) is 0 Å². The van der Waals surface area contributed by atoms with E-state index in [1.807, 2.05) is 6.08 Å². The second kappa shape index (κ2) is 3.02. The Morgan fingerprint density at radius 3 is 3.25 bits per heavy atom. The molecular weight excluding hydrogens is 148 g/mol. The number of allylic oxidation sites excluding steroid dienone is 1. The zero-order valence-electron chi connectivity index (χ0n) is 7.05. The molecule has 1 aliphatic rings. The van der Waals surface area contributed by atoms with E-state index in [0.717, 1.165) is 25.2 Å². The second-order valence-electron chi connectivity index (χ2n) is 3.03. The Morgan fingerprint density at radius 1 is 1.50 bits per heavy atom. The van der Waals surface area contributed by atoms with Gasteiger partial charge in [0.2, 0.25) is 0 Å². The van der Waals surface area contributed by atoms with Crippen LogP contribution >= 0.6 is 0 Å². The summed E-state index contributed by atoms with van der Waals surface area (Å²) in [6, 6.07) is 6.42. The topological polar surface area (TPSA) is 9.23 Å². The van der Waals surface area contributed by atoms with Crippen molar-refractivity contribution in [3.63, 3.8) is 0 Å². The lowest BCUT2D eigenvalue weighted by Gasteiger charge is -2.01. The SMILES string of the molecule is C=CCc1ccc2c(c1)OCC2. The summed E-state index contributed by atoms with van der Waals surface area (Å²) in [6.07, 6.45) is 3.90. The van der Waals surface area contributed by atoms with Gasteiger partial charge in [-0.3, -0.25) is 0 Å². The molecule has 0 atom stereocenters. The maximum Gasteiger partial charge on any atom is 0.122 e. The van der Waals surface area contributed by atoms with Crippen molar-refractivity contribution in [2.75, 3.05) is 6.61 Å². The second-order valence-corrected chi connectivity index (χ2v) is 3.03. The number of hydrogen-bond acceptors (Lipinski definition) is 1. The quantitative estimate of drug-likeness (QED) is 0.603. The van der Waals surface area contributed by atoms with Crippen molar-refractivity contribution >= 4 is 0 Å². The maximum atomic E-state index is 5.45. The standard InChI is InChI=1S/C11H12O/c1-2-3-9-4-5-10-6-7-12-11(10)8-9/h2,4-5,8H,1,3,6-7H2. The third kappa shape index (κ3) is 1.22. The minimum Gasteiger partial charge on any atom is -0.493 e. The summed E-state index contributed by atoms with van der Waals surface area (Å²) < 4.78 is 5.45. The molecule has 1 aromatic carbocycles. The van der Waals surface area contributed by atoms with E-state index in [-0.39, 0.29) is 0 Å². The van der Waals surface area contributed by atoms with Crippen molar-refractivity contribution in [2.24, 2.45) is 0 Å². The van der Waals surface area contributed by atoms with Crippen LogP contribution in [0.15, 0.2) is 30.9 Å². The summed E-state index contributed by atoms with van der Waals surface area (Å²) in [5.41, 5.74) is 2.62. The van der Waals surface area contributed by atoms with Gasteiger partial charge in [-0.2, -0.15) is 0 Å². The molecule has 0 N–H and O–H groups in total. The van der Waals surface area contributed by atoms with E-state index in [1.54, 1.807) is 0 Å². The molecule has 0 saturated heterocycles. The first-order valence-corrected chi connectivity index (χ1v) is 4.25. The Hall–Kier alpha value is -1.24. The summed E-state index contributed by atoms with van der Waals surface area (Å²) in [5.74, 6) is 1.06. The number of hydrogen-bond donors (Lipinski definition) is 0. The molecule has 0 amide bonds. The largest absolute Gasteiger partial charge is 0.493 e. The Morgan fingerprint density at radius 2 is 2.42 bits per heavy atom. The summed E-state index contributed by atoms with van der Waals surface area (Å²) in [5, 5.41) is 0. The lowest BCUT2D eigenvalue weighted by atomic mass is 10.1. The van der Waals surface area contributed by atoms with Crippen molar-refractivity contribution in [3.8, 4) is 5.75 Å². The molecule has 1 heterocycles. The van der Waals surface area contributed by atoms with Crippen molar-refractivity contribution < 1.29 is 4.74 Å². The highest BCUT2D eigenvalue weighted by atomic mass is 16.5. The van der Waals surface area contributed by atoms with Crippen LogP contribution in [0.5, 0.6) is 5.75 Å². The first kappa shape index (κ1) is 7.41. The van der Waals surface area contributed by atoms with Crippen molar-refractivity contribution in [1.29, 1.82) is 0 Å². The van der Waals surface area contributed by atoms with Crippen LogP contribution in [0, 0.1) is 0 Å². The van der Waals surface area contributed by atoms with Crippen LogP contribution in [0.1, 0.15) is 11.1 Å². The fourth-order valence-electron chi connectivity index (χ4n) is 1.50. The van der Waals surface area contributed by atoms with Gasteiger partial charge in [0.25, 0.3) is 0 Å². The van der Waals surface area contributed by atoms with Crippen molar-refractivity contribution in [2.45, 2.75) is 12.8 Å². The normalized spacial score (nSPS) is 13.7. The van der Waals surface area contributed by atoms with Gasteiger partial charge < -0.3 is 4.74 Å². The van der Waals surface area contributed by atoms with Crippen LogP contribution in [-0.4, -0.2) is 6.61 Å². The third-order valence-electron chi connectivity index (χ3n) is 2.14. The highest BCUT2D eigenvalue weighted by molar-refractivity contribution is 5.40. The van der Waals surface area contributed by atoms with E-state index in [2.05, 4.69) is 24.8 Å². The summed E-state index contributed by atoms with van der Waals surface area (Å²) >= 11 is 0. The number of rotatable bonds is 2. The average molecular weight is 160 g/mol. The molecule has 2 rings (SSSR count). The highest BCUT2D eigenvalue weighted by Crippen LogP contribution is 2.26. The lowest BCUT2D eigenvalue weighted by molar-refractivity contribution is 0.356. The van der Waals surface area contributed by atoms with Gasteiger partial charge in [-0.15, -0.1) is 6.58 Å². The smallest absolute Gasteiger partial charge is 0.122 e. The zero-order valence-corrected chi connectivity index (χ0v) is 7.05. The van der Waals surface area contributed by atoms with E-state index >= 15 is 0 Å². The average Bonchev–Trinajstić information content (AvgIpc) is 2.51. The molecule has 1 aromatic rings. The summed E-state index contributed by atoms with van der Waals surface area (Å²) in [6.45, 7) is 4.55. The van der Waals surface area contributed by atoms with Gasteiger partial charge in [-0.1, -0.05) is 18.2 Å². The highest BCUT2D eigenvalue weighted by Gasteiger charge is 2.10. The summed E-state index contributed by atoms with van der Waals surface area (Å²) in [7, 11) is 0. The number of benzene rings is 1. The van der Waals surface area contributed by atoms with Crippen LogP contribution in [0.25, 0.3) is 0 Å². The Labute approximate surface area is 72.7 Å². The van der Waals surface area contributed by atoms with Gasteiger partial charge in [0.1, 0.15) is 5.75 Å². The van der Waals surface area contributed by atoms with E-state index in [4.69, 9.17) is 4.74 Å². The van der Waals surface area contributed by atoms with E-state index in [9.17, 15) is 0 Å². The fraction of sp³-hybridized carbons (Fsp3) is 0.273. The molecule has 0 spiro atoms. The number of fused-ring (bicyclic) bond motifs is 1. The first-order chi connectivity index (χ1) is 5.90. The maximum absolute atomic E-state index is 5.45. The van der Waals surface area contributed by atoms with E-state index < -0.39 is 0 Å². The molecule has 1 aliphatic heterocycles. The van der Waals surface area contributed by atoms with Gasteiger partial charge in [0.15, 0.2) is 0 Å². The molecule has 1 nitrogen and oxygen atoms in total. The Balaban J connectivity index is 2.32. The molecule has 62 valence electrons. The Kier molecular flexibility index (Phi) is 1.86. The van der Waals surface area contributed by atoms with Gasteiger partial charge >= 0.3 is 0 Å². The minimum absolute atomic E-state index is 0.840. The molecule has 0 aliphatic carbocycles. The molecule has 0 aromatic heterocycles. The molecule has 0 fully saturated rings. The fourth-order valence-corrected chi connectivity index (χ4v) is 1.50. The number of ether oxygens (including phenoxy) is 1. The van der Waals surface area contributed by atoms with Crippen LogP contribution < -0.4 is 4.74 Å². The molecule has 0 bridgehead atoms. The van der Waals surface area contributed by atoms with E-state index in [1.165, 1.54) is 11.1 Å². The van der Waals surface area contributed by atoms with Crippen LogP contribution in [0.3, 0.4) is 0 Å². The molecule has 0 saturated carbocycles. The zero-order chi connectivity index (χ0) is 8.39. The molecule has 0 radical (unpaired) electrons. The van der Waals surface area contributed by atoms with Gasteiger partial charge in [0, 0.05) is 6.42 Å². The summed E-state index contributed by atoms with van der Waals surface area (Å²) in [4.78, 5) is 0. The molecule has 12 heavy (non-hydrogen) atoms.